The van der Waals surface area contributed by atoms with Crippen LogP contribution in [0.25, 0.3) is 0 Å². The summed E-state index contributed by atoms with van der Waals surface area (Å²) < 4.78 is 15.4. The minimum atomic E-state index is -0.964. The molecule has 25 heavy (non-hydrogen) atoms. The van der Waals surface area contributed by atoms with Gasteiger partial charge in [-0.1, -0.05) is 29.8 Å². The second kappa shape index (κ2) is 7.54. The zero-order valence-electron chi connectivity index (χ0n) is 13.9. The molecular weight excluding hydrogens is 345 g/mol. The third kappa shape index (κ3) is 4.58. The summed E-state index contributed by atoms with van der Waals surface area (Å²) >= 11 is 5.80. The number of amides is 1. The highest BCUT2D eigenvalue weighted by atomic mass is 35.5. The molecule has 1 aliphatic rings. The van der Waals surface area contributed by atoms with E-state index in [9.17, 15) is 14.3 Å². The van der Waals surface area contributed by atoms with Crippen LogP contribution in [-0.2, 0) is 17.8 Å². The number of likely N-dealkylation sites (tertiary alicyclic amines) is 1. The fourth-order valence-corrected chi connectivity index (χ4v) is 3.33. The molecule has 0 saturated carbocycles. The van der Waals surface area contributed by atoms with Gasteiger partial charge in [-0.3, -0.25) is 9.48 Å². The molecule has 0 bridgehead atoms. The molecule has 1 aromatic heterocycles. The number of benzene rings is 1. The Morgan fingerprint density at radius 3 is 2.68 bits per heavy atom. The van der Waals surface area contributed by atoms with Crippen LogP contribution in [0.4, 0.5) is 4.39 Å². The summed E-state index contributed by atoms with van der Waals surface area (Å²) in [5.74, 6) is -0.271. The molecule has 2 aromatic rings. The lowest BCUT2D eigenvalue weighted by atomic mass is 9.85. The SMILES string of the molecule is O=C(CCn1cc(Cl)cn1)N1CCC(O)(Cc2ccccc2F)CC1. The number of piperidine rings is 1. The lowest BCUT2D eigenvalue weighted by molar-refractivity contribution is -0.135. The highest BCUT2D eigenvalue weighted by Gasteiger charge is 2.34. The molecule has 1 aromatic carbocycles. The van der Waals surface area contributed by atoms with Crippen molar-refractivity contribution in [1.29, 1.82) is 0 Å². The fourth-order valence-electron chi connectivity index (χ4n) is 3.17. The molecule has 5 nitrogen and oxygen atoms in total. The second-order valence-corrected chi connectivity index (χ2v) is 6.98. The smallest absolute Gasteiger partial charge is 0.224 e. The maximum Gasteiger partial charge on any atom is 0.224 e. The summed E-state index contributed by atoms with van der Waals surface area (Å²) in [6.45, 7) is 1.43. The van der Waals surface area contributed by atoms with Crippen LogP contribution in [0.2, 0.25) is 5.02 Å². The molecule has 2 heterocycles. The molecule has 0 spiro atoms. The molecule has 3 rings (SSSR count). The molecule has 7 heteroatoms. The summed E-state index contributed by atoms with van der Waals surface area (Å²) in [6.07, 6.45) is 4.71. The molecule has 1 aliphatic heterocycles. The Morgan fingerprint density at radius 2 is 2.04 bits per heavy atom. The van der Waals surface area contributed by atoms with Crippen molar-refractivity contribution in [2.24, 2.45) is 0 Å². The number of halogens is 2. The van der Waals surface area contributed by atoms with E-state index in [1.165, 1.54) is 12.3 Å². The molecule has 0 aliphatic carbocycles. The number of hydrogen-bond acceptors (Lipinski definition) is 3. The predicted molar refractivity (Wildman–Crippen MR) is 92.7 cm³/mol. The maximum atomic E-state index is 13.8. The molecule has 134 valence electrons. The van der Waals surface area contributed by atoms with Crippen LogP contribution in [0.15, 0.2) is 36.7 Å². The van der Waals surface area contributed by atoms with Gasteiger partial charge >= 0.3 is 0 Å². The monoisotopic (exact) mass is 365 g/mol. The van der Waals surface area contributed by atoms with Crippen LogP contribution >= 0.6 is 11.6 Å². The number of aryl methyl sites for hydroxylation is 1. The van der Waals surface area contributed by atoms with Crippen molar-refractivity contribution in [2.45, 2.75) is 37.8 Å². The number of carbonyl (C=O) groups excluding carboxylic acids is 1. The van der Waals surface area contributed by atoms with E-state index in [1.54, 1.807) is 34.0 Å². The van der Waals surface area contributed by atoms with Gasteiger partial charge in [0.15, 0.2) is 0 Å². The number of aliphatic hydroxyl groups is 1. The second-order valence-electron chi connectivity index (χ2n) is 6.54. The van der Waals surface area contributed by atoms with E-state index >= 15 is 0 Å². The van der Waals surface area contributed by atoms with E-state index in [0.29, 0.717) is 49.5 Å². The Balaban J connectivity index is 1.50. The maximum absolute atomic E-state index is 13.8. The van der Waals surface area contributed by atoms with Crippen molar-refractivity contribution in [3.05, 3.63) is 53.1 Å². The van der Waals surface area contributed by atoms with Gasteiger partial charge in [0, 0.05) is 38.7 Å². The Hall–Kier alpha value is -1.92. The highest BCUT2D eigenvalue weighted by Crippen LogP contribution is 2.27. The van der Waals surface area contributed by atoms with Crippen molar-refractivity contribution in [3.8, 4) is 0 Å². The highest BCUT2D eigenvalue weighted by molar-refractivity contribution is 6.30. The summed E-state index contributed by atoms with van der Waals surface area (Å²) in [5.41, 5.74) is -0.450. The van der Waals surface area contributed by atoms with Crippen molar-refractivity contribution in [3.63, 3.8) is 0 Å². The third-order valence-corrected chi connectivity index (χ3v) is 4.88. The first kappa shape index (κ1) is 17.9. The molecule has 0 unspecified atom stereocenters. The average molecular weight is 366 g/mol. The summed E-state index contributed by atoms with van der Waals surface area (Å²) in [4.78, 5) is 14.1. The first-order valence-corrected chi connectivity index (χ1v) is 8.74. The van der Waals surface area contributed by atoms with Gasteiger partial charge in [-0.15, -0.1) is 0 Å². The molecule has 1 N–H and O–H groups in total. The van der Waals surface area contributed by atoms with E-state index < -0.39 is 5.60 Å². The molecule has 0 atom stereocenters. The van der Waals surface area contributed by atoms with Gasteiger partial charge in [-0.2, -0.15) is 5.10 Å². The topological polar surface area (TPSA) is 58.4 Å². The Bertz CT molecular complexity index is 741. The van der Waals surface area contributed by atoms with Crippen molar-refractivity contribution in [2.75, 3.05) is 13.1 Å². The van der Waals surface area contributed by atoms with E-state index in [-0.39, 0.29) is 18.1 Å². The minimum absolute atomic E-state index is 0.0274. The van der Waals surface area contributed by atoms with E-state index in [2.05, 4.69) is 5.10 Å². The first-order valence-electron chi connectivity index (χ1n) is 8.37. The summed E-state index contributed by atoms with van der Waals surface area (Å²) in [6, 6.07) is 6.50. The van der Waals surface area contributed by atoms with E-state index in [0.717, 1.165) is 0 Å². The first-order chi connectivity index (χ1) is 12.0. The molecule has 0 radical (unpaired) electrons. The van der Waals surface area contributed by atoms with Crippen LogP contribution < -0.4 is 0 Å². The van der Waals surface area contributed by atoms with Crippen LogP contribution in [0.5, 0.6) is 0 Å². The zero-order valence-corrected chi connectivity index (χ0v) is 14.6. The van der Waals surface area contributed by atoms with Gasteiger partial charge in [-0.25, -0.2) is 4.39 Å². The normalized spacial score (nSPS) is 16.8. The van der Waals surface area contributed by atoms with Gasteiger partial charge in [-0.05, 0) is 24.5 Å². The standard InChI is InChI=1S/C18H21ClFN3O2/c19-15-12-21-23(13-15)8-5-17(24)22-9-6-18(25,7-10-22)11-14-3-1-2-4-16(14)20/h1-4,12-13,25H,5-11H2. The fraction of sp³-hybridized carbons (Fsp3) is 0.444. The Labute approximate surface area is 151 Å². The lowest BCUT2D eigenvalue weighted by Gasteiger charge is -2.38. The van der Waals surface area contributed by atoms with Crippen molar-refractivity contribution >= 4 is 17.5 Å². The van der Waals surface area contributed by atoms with Gasteiger partial charge in [0.25, 0.3) is 0 Å². The Kier molecular flexibility index (Phi) is 5.39. The number of hydrogen-bond donors (Lipinski definition) is 1. The number of nitrogens with zero attached hydrogens (tertiary/aromatic N) is 3. The van der Waals surface area contributed by atoms with Crippen LogP contribution in [0.1, 0.15) is 24.8 Å². The number of aromatic nitrogens is 2. The van der Waals surface area contributed by atoms with E-state index in [4.69, 9.17) is 11.6 Å². The minimum Gasteiger partial charge on any atom is -0.389 e. The molecule has 1 fully saturated rings. The van der Waals surface area contributed by atoms with Gasteiger partial charge in [0.2, 0.25) is 5.91 Å². The van der Waals surface area contributed by atoms with Gasteiger partial charge < -0.3 is 10.0 Å². The van der Waals surface area contributed by atoms with Gasteiger partial charge in [0.1, 0.15) is 5.82 Å². The molecule has 1 saturated heterocycles. The summed E-state index contributed by atoms with van der Waals surface area (Å²) in [5, 5.41) is 15.3. The molecule has 1 amide bonds. The van der Waals surface area contributed by atoms with Crippen LogP contribution in [0, 0.1) is 5.82 Å². The third-order valence-electron chi connectivity index (χ3n) is 4.68. The number of carbonyl (C=O) groups is 1. The number of rotatable bonds is 5. The van der Waals surface area contributed by atoms with Crippen molar-refractivity contribution in [1.82, 2.24) is 14.7 Å². The average Bonchev–Trinajstić information content (AvgIpc) is 3.01. The van der Waals surface area contributed by atoms with Crippen LogP contribution in [-0.4, -0.2) is 44.4 Å². The van der Waals surface area contributed by atoms with E-state index in [1.807, 2.05) is 0 Å². The lowest BCUT2D eigenvalue weighted by Crippen LogP contribution is -2.48. The zero-order chi connectivity index (χ0) is 17.9. The van der Waals surface area contributed by atoms with Crippen molar-refractivity contribution < 1.29 is 14.3 Å². The largest absolute Gasteiger partial charge is 0.389 e. The van der Waals surface area contributed by atoms with Gasteiger partial charge in [0.05, 0.1) is 16.8 Å². The molecular formula is C18H21ClFN3O2. The quantitative estimate of drug-likeness (QED) is 0.886. The predicted octanol–water partition coefficient (Wildman–Crippen LogP) is 2.66. The summed E-state index contributed by atoms with van der Waals surface area (Å²) in [7, 11) is 0. The van der Waals surface area contributed by atoms with Crippen LogP contribution in [0.3, 0.4) is 0 Å². The Morgan fingerprint density at radius 1 is 1.32 bits per heavy atom.